The van der Waals surface area contributed by atoms with E-state index in [4.69, 9.17) is 5.11 Å². The van der Waals surface area contributed by atoms with Gasteiger partial charge in [0.1, 0.15) is 6.04 Å². The lowest BCUT2D eigenvalue weighted by atomic mass is 9.43. The third-order valence-electron chi connectivity index (χ3n) is 11.1. The van der Waals surface area contributed by atoms with E-state index in [-0.39, 0.29) is 34.7 Å². The minimum atomic E-state index is -1.03. The fourth-order valence-corrected chi connectivity index (χ4v) is 9.15. The van der Waals surface area contributed by atoms with E-state index in [1.54, 1.807) is 0 Å². The number of hydrogen-bond donors (Lipinski definition) is 5. The third-order valence-corrected chi connectivity index (χ3v) is 11.1. The molecule has 4 aliphatic carbocycles. The highest BCUT2D eigenvalue weighted by Crippen LogP contribution is 2.68. The Morgan fingerprint density at radius 3 is 2.24 bits per heavy atom. The topological polar surface area (TPSA) is 127 Å². The van der Waals surface area contributed by atoms with Crippen LogP contribution in [0.5, 0.6) is 0 Å². The van der Waals surface area contributed by atoms with Crippen LogP contribution in [-0.4, -0.2) is 56.7 Å². The number of amides is 1. The van der Waals surface area contributed by atoms with Gasteiger partial charge in [-0.2, -0.15) is 0 Å². The number of rotatable bonds is 6. The molecule has 0 saturated heterocycles. The summed E-state index contributed by atoms with van der Waals surface area (Å²) in [5, 5.41) is 44.4. The van der Waals surface area contributed by atoms with Crippen LogP contribution in [0, 0.1) is 46.3 Å². The largest absolute Gasteiger partial charge is 0.480 e. The van der Waals surface area contributed by atoms with Crippen molar-refractivity contribution in [1.29, 1.82) is 0 Å². The third kappa shape index (κ3) is 4.20. The second-order valence-electron chi connectivity index (χ2n) is 12.7. The Kier molecular flexibility index (Phi) is 7.13. The fraction of sp³-hybridized carbons (Fsp3) is 0.926. The number of aliphatic hydroxyl groups excluding tert-OH is 3. The second kappa shape index (κ2) is 9.36. The van der Waals surface area contributed by atoms with E-state index < -0.39 is 24.2 Å². The van der Waals surface area contributed by atoms with Gasteiger partial charge in [-0.25, -0.2) is 0 Å². The van der Waals surface area contributed by atoms with Gasteiger partial charge in [0.2, 0.25) is 5.91 Å². The zero-order valence-corrected chi connectivity index (χ0v) is 21.2. The number of carboxylic acid groups (broad SMARTS) is 1. The van der Waals surface area contributed by atoms with Crippen LogP contribution in [-0.2, 0) is 9.59 Å². The van der Waals surface area contributed by atoms with Crippen molar-refractivity contribution < 1.29 is 30.0 Å². The Morgan fingerprint density at radius 1 is 0.912 bits per heavy atom. The number of nitrogens with one attached hydrogen (secondary N) is 1. The number of carbonyl (C=O) groups excluding carboxylic acids is 1. The van der Waals surface area contributed by atoms with Crippen molar-refractivity contribution in [2.45, 2.75) is 110 Å². The van der Waals surface area contributed by atoms with Gasteiger partial charge in [-0.15, -0.1) is 0 Å². The monoisotopic (exact) mass is 479 g/mol. The van der Waals surface area contributed by atoms with Crippen molar-refractivity contribution >= 4 is 11.9 Å². The van der Waals surface area contributed by atoms with Crippen molar-refractivity contribution in [3.63, 3.8) is 0 Å². The van der Waals surface area contributed by atoms with Gasteiger partial charge in [0, 0.05) is 6.42 Å². The quantitative estimate of drug-likeness (QED) is 0.399. The molecule has 12 atom stereocenters. The molecule has 0 spiro atoms. The van der Waals surface area contributed by atoms with E-state index >= 15 is 0 Å². The van der Waals surface area contributed by atoms with E-state index in [0.29, 0.717) is 36.5 Å². The maximum Gasteiger partial charge on any atom is 0.325 e. The van der Waals surface area contributed by atoms with E-state index in [2.05, 4.69) is 26.1 Å². The van der Waals surface area contributed by atoms with Gasteiger partial charge in [0.05, 0.1) is 18.3 Å². The van der Waals surface area contributed by atoms with Crippen LogP contribution >= 0.6 is 0 Å². The van der Waals surface area contributed by atoms with Gasteiger partial charge in [-0.05, 0) is 105 Å². The van der Waals surface area contributed by atoms with Crippen molar-refractivity contribution in [3.05, 3.63) is 0 Å². The smallest absolute Gasteiger partial charge is 0.325 e. The molecule has 4 rings (SSSR count). The number of carbonyl (C=O) groups is 2. The summed E-state index contributed by atoms with van der Waals surface area (Å²) in [5.41, 5.74) is 0.0377. The summed E-state index contributed by atoms with van der Waals surface area (Å²) in [7, 11) is 0. The molecule has 0 bridgehead atoms. The molecule has 4 fully saturated rings. The Bertz CT molecular complexity index is 789. The van der Waals surface area contributed by atoms with Gasteiger partial charge >= 0.3 is 5.97 Å². The molecule has 0 radical (unpaired) electrons. The number of carboxylic acids is 1. The lowest BCUT2D eigenvalue weighted by molar-refractivity contribution is -0.223. The van der Waals surface area contributed by atoms with E-state index in [1.165, 1.54) is 6.92 Å². The average molecular weight is 480 g/mol. The Morgan fingerprint density at radius 2 is 1.56 bits per heavy atom. The standard InChI is InChI=1S/C27H45NO6/c1-14(5-8-21(30)28-15(2)25(33)34)17-6-7-18-22-19(10-12-26(17,18)3)27(4)11-9-16(29)13-20(27)23(31)24(22)32/h14-20,22-24,29,31-32H,5-13H2,1-4H3,(H,28,30)(H,33,34)/t14-,15+,16-,17-,18?,19?,20?,22?,23-,24+,26-,27-/m1/s1. The van der Waals surface area contributed by atoms with E-state index in [0.717, 1.165) is 44.9 Å². The number of aliphatic hydroxyl groups is 3. The highest BCUT2D eigenvalue weighted by Gasteiger charge is 2.65. The molecule has 0 aliphatic heterocycles. The normalized spacial score (nSPS) is 47.6. The van der Waals surface area contributed by atoms with Crippen LogP contribution in [0.4, 0.5) is 0 Å². The zero-order valence-electron chi connectivity index (χ0n) is 21.2. The van der Waals surface area contributed by atoms with Crippen molar-refractivity contribution in [1.82, 2.24) is 5.32 Å². The van der Waals surface area contributed by atoms with Crippen LogP contribution in [0.3, 0.4) is 0 Å². The van der Waals surface area contributed by atoms with Gasteiger partial charge in [-0.1, -0.05) is 20.8 Å². The molecule has 0 aromatic heterocycles. The molecule has 7 nitrogen and oxygen atoms in total. The predicted octanol–water partition coefficient (Wildman–Crippen LogP) is 2.95. The number of hydrogen-bond acceptors (Lipinski definition) is 5. The maximum absolute atomic E-state index is 12.2. The predicted molar refractivity (Wildman–Crippen MR) is 128 cm³/mol. The summed E-state index contributed by atoms with van der Waals surface area (Å²) in [5.74, 6) is 0.312. The van der Waals surface area contributed by atoms with Crippen LogP contribution in [0.2, 0.25) is 0 Å². The minimum absolute atomic E-state index is 0.0352. The van der Waals surface area contributed by atoms with Crippen LogP contribution in [0.1, 0.15) is 85.5 Å². The fourth-order valence-electron chi connectivity index (χ4n) is 9.15. The lowest BCUT2D eigenvalue weighted by Gasteiger charge is -2.63. The molecule has 4 saturated carbocycles. The summed E-state index contributed by atoms with van der Waals surface area (Å²) in [6.07, 6.45) is 5.69. The molecule has 1 amide bonds. The lowest BCUT2D eigenvalue weighted by Crippen LogP contribution is -2.64. The van der Waals surface area contributed by atoms with Crippen molar-refractivity contribution in [2.24, 2.45) is 46.3 Å². The zero-order chi connectivity index (χ0) is 25.0. The number of aliphatic carboxylic acids is 1. The maximum atomic E-state index is 12.2. The summed E-state index contributed by atoms with van der Waals surface area (Å²) in [6, 6.07) is -0.878. The molecule has 5 N–H and O–H groups in total. The Labute approximate surface area is 203 Å². The molecular formula is C27H45NO6. The van der Waals surface area contributed by atoms with Gasteiger partial charge in [-0.3, -0.25) is 9.59 Å². The molecule has 4 aliphatic rings. The van der Waals surface area contributed by atoms with Crippen LogP contribution in [0.15, 0.2) is 0 Å². The SMILES string of the molecule is C[C@H](NC(=O)CC[C@@H](C)[C@H]1CCC2C3C(CC[C@@]21C)[C@@]1(C)CC[C@@H](O)CC1[C@@H](O)[C@H]3O)C(=O)O. The second-order valence-corrected chi connectivity index (χ2v) is 12.7. The first-order valence-electron chi connectivity index (χ1n) is 13.5. The molecule has 7 heteroatoms. The summed E-state index contributed by atoms with van der Waals surface area (Å²) >= 11 is 0. The first kappa shape index (κ1) is 25.9. The average Bonchev–Trinajstić information content (AvgIpc) is 3.13. The molecule has 0 aromatic rings. The molecule has 0 heterocycles. The first-order valence-corrected chi connectivity index (χ1v) is 13.5. The van der Waals surface area contributed by atoms with E-state index in [1.807, 2.05) is 0 Å². The first-order chi connectivity index (χ1) is 15.9. The Hall–Kier alpha value is -1.18. The molecule has 194 valence electrons. The van der Waals surface area contributed by atoms with E-state index in [9.17, 15) is 24.9 Å². The minimum Gasteiger partial charge on any atom is -0.480 e. The Balaban J connectivity index is 1.46. The van der Waals surface area contributed by atoms with Gasteiger partial charge < -0.3 is 25.7 Å². The van der Waals surface area contributed by atoms with Crippen LogP contribution in [0.25, 0.3) is 0 Å². The summed E-state index contributed by atoms with van der Waals surface area (Å²) in [4.78, 5) is 23.3. The highest BCUT2D eigenvalue weighted by molar-refractivity contribution is 5.83. The summed E-state index contributed by atoms with van der Waals surface area (Å²) < 4.78 is 0. The van der Waals surface area contributed by atoms with Gasteiger partial charge in [0.15, 0.2) is 0 Å². The molecule has 0 aromatic carbocycles. The van der Waals surface area contributed by atoms with Crippen molar-refractivity contribution in [3.8, 4) is 0 Å². The summed E-state index contributed by atoms with van der Waals surface area (Å²) in [6.45, 7) is 8.36. The van der Waals surface area contributed by atoms with Gasteiger partial charge in [0.25, 0.3) is 0 Å². The number of fused-ring (bicyclic) bond motifs is 5. The van der Waals surface area contributed by atoms with Crippen molar-refractivity contribution in [2.75, 3.05) is 0 Å². The molecular weight excluding hydrogens is 434 g/mol. The molecule has 4 unspecified atom stereocenters. The van der Waals surface area contributed by atoms with Crippen LogP contribution < -0.4 is 5.32 Å². The highest BCUT2D eigenvalue weighted by atomic mass is 16.4. The molecule has 34 heavy (non-hydrogen) atoms.